The molecule has 2 heterocycles. The molecule has 0 unspecified atom stereocenters. The number of carbonyl (C=O) groups is 2. The summed E-state index contributed by atoms with van der Waals surface area (Å²) in [5, 5.41) is 7.61. The van der Waals surface area contributed by atoms with E-state index in [4.69, 9.17) is 9.15 Å². The molecule has 1 saturated heterocycles. The van der Waals surface area contributed by atoms with Gasteiger partial charge in [-0.3, -0.25) is 4.79 Å². The molecule has 1 fully saturated rings. The fourth-order valence-electron chi connectivity index (χ4n) is 2.54. The van der Waals surface area contributed by atoms with Crippen molar-refractivity contribution in [1.29, 1.82) is 0 Å². The molecular formula is C17H19N3O4. The van der Waals surface area contributed by atoms with E-state index < -0.39 is 5.97 Å². The van der Waals surface area contributed by atoms with Crippen molar-refractivity contribution in [2.75, 3.05) is 6.54 Å². The Kier molecular flexibility index (Phi) is 4.88. The average molecular weight is 329 g/mol. The molecule has 0 saturated carbocycles. The zero-order chi connectivity index (χ0) is 16.9. The number of hydrogen-bond acceptors (Lipinski definition) is 6. The van der Waals surface area contributed by atoms with Gasteiger partial charge in [0, 0.05) is 25.9 Å². The van der Waals surface area contributed by atoms with Gasteiger partial charge in [0.15, 0.2) is 6.61 Å². The van der Waals surface area contributed by atoms with Gasteiger partial charge in [-0.25, -0.2) is 4.79 Å². The largest absolute Gasteiger partial charge is 0.452 e. The van der Waals surface area contributed by atoms with Gasteiger partial charge in [-0.2, -0.15) is 0 Å². The van der Waals surface area contributed by atoms with Gasteiger partial charge in [-0.15, -0.1) is 10.2 Å². The van der Waals surface area contributed by atoms with Gasteiger partial charge in [0.2, 0.25) is 11.8 Å². The van der Waals surface area contributed by atoms with E-state index in [9.17, 15) is 9.59 Å². The van der Waals surface area contributed by atoms with Crippen LogP contribution < -0.4 is 0 Å². The van der Waals surface area contributed by atoms with Crippen LogP contribution in [-0.2, 0) is 29.1 Å². The lowest BCUT2D eigenvalue weighted by molar-refractivity contribution is -0.128. The van der Waals surface area contributed by atoms with Crippen molar-refractivity contribution in [3.05, 3.63) is 47.2 Å². The van der Waals surface area contributed by atoms with Crippen LogP contribution in [0.2, 0.25) is 0 Å². The maximum absolute atomic E-state index is 12.0. The van der Waals surface area contributed by atoms with Gasteiger partial charge in [0.25, 0.3) is 5.89 Å². The monoisotopic (exact) mass is 329 g/mol. The molecule has 1 amide bonds. The Morgan fingerprint density at radius 1 is 1.25 bits per heavy atom. The fraction of sp³-hybridized carbons (Fsp3) is 0.412. The molecule has 1 aromatic carbocycles. The number of esters is 1. The number of likely N-dealkylation sites (tertiary alicyclic amines) is 1. The van der Waals surface area contributed by atoms with Crippen LogP contribution in [0.3, 0.4) is 0 Å². The highest BCUT2D eigenvalue weighted by Gasteiger charge is 2.20. The lowest BCUT2D eigenvalue weighted by Gasteiger charge is -2.15. The van der Waals surface area contributed by atoms with E-state index in [1.807, 2.05) is 24.0 Å². The van der Waals surface area contributed by atoms with Crippen molar-refractivity contribution in [2.24, 2.45) is 0 Å². The van der Waals surface area contributed by atoms with Gasteiger partial charge < -0.3 is 14.1 Å². The normalized spacial score (nSPS) is 14.2. The number of carbonyl (C=O) groups excluding carboxylic acids is 2. The lowest BCUT2D eigenvalue weighted by Crippen LogP contribution is -2.23. The van der Waals surface area contributed by atoms with Crippen molar-refractivity contribution >= 4 is 11.9 Å². The van der Waals surface area contributed by atoms with Crippen LogP contribution in [0.15, 0.2) is 28.7 Å². The van der Waals surface area contributed by atoms with Crippen molar-refractivity contribution in [3.8, 4) is 0 Å². The molecule has 1 aromatic heterocycles. The number of amides is 1. The Labute approximate surface area is 139 Å². The van der Waals surface area contributed by atoms with Crippen molar-refractivity contribution in [3.63, 3.8) is 0 Å². The molecule has 0 atom stereocenters. The number of hydrogen-bond donors (Lipinski definition) is 0. The minimum atomic E-state index is -0.449. The number of rotatable bonds is 6. The summed E-state index contributed by atoms with van der Waals surface area (Å²) in [5.41, 5.74) is 1.44. The maximum atomic E-state index is 12.0. The Morgan fingerprint density at radius 2 is 2.00 bits per heavy atom. The first-order valence-corrected chi connectivity index (χ1v) is 8.01. The Bertz CT molecular complexity index is 724. The smallest absolute Gasteiger partial charge is 0.338 e. The zero-order valence-corrected chi connectivity index (χ0v) is 13.5. The van der Waals surface area contributed by atoms with Crippen LogP contribution in [-0.4, -0.2) is 33.5 Å². The summed E-state index contributed by atoms with van der Waals surface area (Å²) in [6, 6.07) is 7.07. The van der Waals surface area contributed by atoms with Crippen LogP contribution in [0.5, 0.6) is 0 Å². The van der Waals surface area contributed by atoms with Crippen LogP contribution >= 0.6 is 0 Å². The summed E-state index contributed by atoms with van der Waals surface area (Å²) >= 11 is 0. The highest BCUT2D eigenvalue weighted by molar-refractivity contribution is 5.89. The number of aromatic nitrogens is 2. The average Bonchev–Trinajstić information content (AvgIpc) is 3.22. The fourth-order valence-corrected chi connectivity index (χ4v) is 2.54. The minimum absolute atomic E-state index is 0.0458. The predicted octanol–water partition coefficient (Wildman–Crippen LogP) is 2.11. The standard InChI is InChI=1S/C17H19N3O4/c1-2-14-18-19-15(24-14)11-23-17(22)13-7-5-12(6-8-13)10-20-9-3-4-16(20)21/h5-8H,2-4,9-11H2,1H3. The van der Waals surface area contributed by atoms with Crippen molar-refractivity contribution < 1.29 is 18.7 Å². The first-order valence-electron chi connectivity index (χ1n) is 8.01. The third-order valence-corrected chi connectivity index (χ3v) is 3.87. The second kappa shape index (κ2) is 7.25. The predicted molar refractivity (Wildman–Crippen MR) is 83.9 cm³/mol. The lowest BCUT2D eigenvalue weighted by atomic mass is 10.1. The molecule has 2 aromatic rings. The molecule has 3 rings (SSSR count). The Balaban J connectivity index is 1.54. The first kappa shape index (κ1) is 16.2. The van der Waals surface area contributed by atoms with Gasteiger partial charge in [0.1, 0.15) is 0 Å². The van der Waals surface area contributed by atoms with E-state index in [-0.39, 0.29) is 18.4 Å². The maximum Gasteiger partial charge on any atom is 0.338 e. The van der Waals surface area contributed by atoms with Crippen LogP contribution in [0.4, 0.5) is 0 Å². The molecule has 1 aliphatic heterocycles. The summed E-state index contributed by atoms with van der Waals surface area (Å²) in [4.78, 5) is 25.5. The first-order chi connectivity index (χ1) is 11.7. The third-order valence-electron chi connectivity index (χ3n) is 3.87. The van der Waals surface area contributed by atoms with E-state index in [0.29, 0.717) is 30.8 Å². The Morgan fingerprint density at radius 3 is 2.62 bits per heavy atom. The van der Waals surface area contributed by atoms with Crippen molar-refractivity contribution in [2.45, 2.75) is 39.3 Å². The highest BCUT2D eigenvalue weighted by Crippen LogP contribution is 2.15. The van der Waals surface area contributed by atoms with Crippen molar-refractivity contribution in [1.82, 2.24) is 15.1 Å². The molecule has 7 nitrogen and oxygen atoms in total. The molecule has 0 radical (unpaired) electrons. The molecule has 1 aliphatic rings. The number of aryl methyl sites for hydroxylation is 1. The van der Waals surface area contributed by atoms with Crippen LogP contribution in [0.1, 0.15) is 47.5 Å². The quantitative estimate of drug-likeness (QED) is 0.755. The number of ether oxygens (including phenoxy) is 1. The van der Waals surface area contributed by atoms with Crippen LogP contribution in [0.25, 0.3) is 0 Å². The zero-order valence-electron chi connectivity index (χ0n) is 13.5. The van der Waals surface area contributed by atoms with E-state index in [0.717, 1.165) is 18.5 Å². The van der Waals surface area contributed by atoms with Crippen LogP contribution in [0, 0.1) is 0 Å². The summed E-state index contributed by atoms with van der Waals surface area (Å²) in [5.74, 6) is 0.533. The summed E-state index contributed by atoms with van der Waals surface area (Å²) in [6.45, 7) is 3.24. The molecule has 24 heavy (non-hydrogen) atoms. The molecule has 0 aliphatic carbocycles. The minimum Gasteiger partial charge on any atom is -0.452 e. The van der Waals surface area contributed by atoms with E-state index in [1.165, 1.54) is 0 Å². The summed E-state index contributed by atoms with van der Waals surface area (Å²) < 4.78 is 10.4. The SMILES string of the molecule is CCc1nnc(COC(=O)c2ccc(CN3CCCC3=O)cc2)o1. The van der Waals surface area contributed by atoms with E-state index in [1.54, 1.807) is 12.1 Å². The number of benzene rings is 1. The van der Waals surface area contributed by atoms with Gasteiger partial charge in [0.05, 0.1) is 5.56 Å². The second-order valence-electron chi connectivity index (χ2n) is 5.63. The van der Waals surface area contributed by atoms with Gasteiger partial charge >= 0.3 is 5.97 Å². The summed E-state index contributed by atoms with van der Waals surface area (Å²) in [6.07, 6.45) is 2.18. The topological polar surface area (TPSA) is 85.5 Å². The highest BCUT2D eigenvalue weighted by atomic mass is 16.5. The number of nitrogens with zero attached hydrogens (tertiary/aromatic N) is 3. The van der Waals surface area contributed by atoms with Gasteiger partial charge in [-0.05, 0) is 24.1 Å². The molecule has 126 valence electrons. The molecule has 0 N–H and O–H groups in total. The summed E-state index contributed by atoms with van der Waals surface area (Å²) in [7, 11) is 0. The molecular weight excluding hydrogens is 310 g/mol. The van der Waals surface area contributed by atoms with Gasteiger partial charge in [-0.1, -0.05) is 19.1 Å². The second-order valence-corrected chi connectivity index (χ2v) is 5.63. The molecule has 0 spiro atoms. The van der Waals surface area contributed by atoms with E-state index in [2.05, 4.69) is 10.2 Å². The Hall–Kier alpha value is -2.70. The molecule has 7 heteroatoms. The molecule has 0 bridgehead atoms. The third kappa shape index (κ3) is 3.79. The van der Waals surface area contributed by atoms with E-state index >= 15 is 0 Å².